The zero-order chi connectivity index (χ0) is 8.39. The maximum atomic E-state index is 5.46. The predicted molar refractivity (Wildman–Crippen MR) is 51.2 cm³/mol. The fourth-order valence-electron chi connectivity index (χ4n) is 1.71. The van der Waals surface area contributed by atoms with Crippen LogP contribution in [0.25, 0.3) is 0 Å². The molecule has 1 aliphatic rings. The molecule has 0 heterocycles. The monoisotopic (exact) mass is 161 g/mol. The van der Waals surface area contributed by atoms with E-state index in [9.17, 15) is 0 Å². The third-order valence-corrected chi connectivity index (χ3v) is 2.60. The van der Waals surface area contributed by atoms with Crippen molar-refractivity contribution in [1.82, 2.24) is 0 Å². The normalized spacial score (nSPS) is 13.8. The molecule has 12 heavy (non-hydrogen) atoms. The van der Waals surface area contributed by atoms with Crippen LogP contribution in [0.3, 0.4) is 0 Å². The van der Waals surface area contributed by atoms with Gasteiger partial charge in [-0.2, -0.15) is 0 Å². The van der Waals surface area contributed by atoms with Gasteiger partial charge in [0.25, 0.3) is 0 Å². The summed E-state index contributed by atoms with van der Waals surface area (Å²) in [4.78, 5) is 0. The lowest BCUT2D eigenvalue weighted by atomic mass is 9.86. The molecule has 0 saturated carbocycles. The smallest absolute Gasteiger partial charge is 0.00741 e. The van der Waals surface area contributed by atoms with Crippen molar-refractivity contribution < 1.29 is 0 Å². The third-order valence-electron chi connectivity index (χ3n) is 2.60. The number of nitrogens with two attached hydrogens (primary N) is 1. The van der Waals surface area contributed by atoms with Crippen LogP contribution in [0, 0.1) is 0 Å². The van der Waals surface area contributed by atoms with Gasteiger partial charge < -0.3 is 5.73 Å². The van der Waals surface area contributed by atoms with Gasteiger partial charge in [-0.05, 0) is 48.9 Å². The first-order chi connectivity index (χ1) is 5.90. The lowest BCUT2D eigenvalue weighted by Gasteiger charge is -2.19. The minimum Gasteiger partial charge on any atom is -0.330 e. The molecule has 1 aromatic rings. The second-order valence-electron chi connectivity index (χ2n) is 3.50. The van der Waals surface area contributed by atoms with Crippen LogP contribution in [0.1, 0.15) is 23.1 Å². The average Bonchev–Trinajstić information content (AvgIpc) is 2.05. The number of benzene rings is 1. The van der Waals surface area contributed by atoms with Gasteiger partial charge >= 0.3 is 0 Å². The van der Waals surface area contributed by atoms with Crippen molar-refractivity contribution in [2.75, 3.05) is 6.54 Å². The maximum Gasteiger partial charge on any atom is -0.00741 e. The third kappa shape index (κ3) is 1.37. The van der Waals surface area contributed by atoms with Crippen molar-refractivity contribution >= 4 is 0 Å². The Morgan fingerprint density at radius 2 is 2.00 bits per heavy atom. The summed E-state index contributed by atoms with van der Waals surface area (Å²) in [6.07, 6.45) is 4.82. The van der Waals surface area contributed by atoms with Gasteiger partial charge in [0.1, 0.15) is 0 Å². The molecule has 1 heteroatoms. The van der Waals surface area contributed by atoms with E-state index in [2.05, 4.69) is 18.2 Å². The predicted octanol–water partition coefficient (Wildman–Crippen LogP) is 1.68. The largest absolute Gasteiger partial charge is 0.330 e. The summed E-state index contributed by atoms with van der Waals surface area (Å²) in [6, 6.07) is 6.85. The second-order valence-corrected chi connectivity index (χ2v) is 3.50. The molecule has 1 aliphatic carbocycles. The molecule has 0 aliphatic heterocycles. The van der Waals surface area contributed by atoms with Gasteiger partial charge in [-0.1, -0.05) is 18.2 Å². The van der Waals surface area contributed by atoms with E-state index in [1.807, 2.05) is 0 Å². The Morgan fingerprint density at radius 1 is 1.17 bits per heavy atom. The number of rotatable bonds is 3. The molecule has 0 bridgehead atoms. The molecule has 0 fully saturated rings. The quantitative estimate of drug-likeness (QED) is 0.717. The first kappa shape index (κ1) is 7.81. The van der Waals surface area contributed by atoms with Gasteiger partial charge in [-0.15, -0.1) is 0 Å². The maximum absolute atomic E-state index is 5.46. The van der Waals surface area contributed by atoms with Gasteiger partial charge in [-0.25, -0.2) is 0 Å². The van der Waals surface area contributed by atoms with E-state index in [0.717, 1.165) is 19.4 Å². The van der Waals surface area contributed by atoms with Crippen molar-refractivity contribution in [2.45, 2.75) is 25.7 Å². The van der Waals surface area contributed by atoms with E-state index >= 15 is 0 Å². The molecule has 0 atom stereocenters. The fraction of sp³-hybridized carbons (Fsp3) is 0.455. The number of aryl methyl sites for hydroxylation is 3. The Labute approximate surface area is 73.6 Å². The minimum atomic E-state index is 0.803. The second kappa shape index (κ2) is 3.28. The zero-order valence-corrected chi connectivity index (χ0v) is 7.34. The molecule has 0 unspecified atom stereocenters. The highest BCUT2D eigenvalue weighted by atomic mass is 14.5. The molecule has 0 amide bonds. The fourth-order valence-corrected chi connectivity index (χ4v) is 1.71. The van der Waals surface area contributed by atoms with Gasteiger partial charge in [0.15, 0.2) is 0 Å². The summed E-state index contributed by atoms with van der Waals surface area (Å²) in [5.74, 6) is 0. The summed E-state index contributed by atoms with van der Waals surface area (Å²) in [5.41, 5.74) is 10.0. The van der Waals surface area contributed by atoms with Gasteiger partial charge in [0.2, 0.25) is 0 Å². The molecule has 0 radical (unpaired) electrons. The Morgan fingerprint density at radius 3 is 2.58 bits per heavy atom. The standard InChI is InChI=1S/C11H15N/c12-7-1-2-9-3-4-10-5-6-11(10)8-9/h3-4,8H,1-2,5-7,12H2. The van der Waals surface area contributed by atoms with Crippen LogP contribution >= 0.6 is 0 Å². The lowest BCUT2D eigenvalue weighted by molar-refractivity contribution is 0.805. The molecular formula is C11H15N. The highest BCUT2D eigenvalue weighted by Crippen LogP contribution is 2.23. The van der Waals surface area contributed by atoms with Crippen molar-refractivity contribution in [2.24, 2.45) is 5.73 Å². The molecule has 1 nitrogen and oxygen atoms in total. The summed E-state index contributed by atoms with van der Waals surface area (Å²) in [6.45, 7) is 0.803. The Kier molecular flexibility index (Phi) is 2.13. The van der Waals surface area contributed by atoms with Crippen molar-refractivity contribution in [3.8, 4) is 0 Å². The van der Waals surface area contributed by atoms with Crippen LogP contribution < -0.4 is 5.73 Å². The molecule has 0 spiro atoms. The lowest BCUT2D eigenvalue weighted by Crippen LogP contribution is -2.09. The van der Waals surface area contributed by atoms with Crippen LogP contribution in [-0.2, 0) is 19.3 Å². The zero-order valence-electron chi connectivity index (χ0n) is 7.34. The van der Waals surface area contributed by atoms with Crippen molar-refractivity contribution in [1.29, 1.82) is 0 Å². The van der Waals surface area contributed by atoms with Gasteiger partial charge in [-0.3, -0.25) is 0 Å². The first-order valence-corrected chi connectivity index (χ1v) is 4.71. The van der Waals surface area contributed by atoms with Crippen LogP contribution in [0.5, 0.6) is 0 Å². The van der Waals surface area contributed by atoms with E-state index < -0.39 is 0 Å². The summed E-state index contributed by atoms with van der Waals surface area (Å²) in [7, 11) is 0. The minimum absolute atomic E-state index is 0.803. The number of hydrogen-bond acceptors (Lipinski definition) is 1. The molecule has 1 aromatic carbocycles. The molecule has 0 saturated heterocycles. The SMILES string of the molecule is NCCCc1ccc2c(c1)CC2. The molecule has 0 aromatic heterocycles. The highest BCUT2D eigenvalue weighted by Gasteiger charge is 2.11. The summed E-state index contributed by atoms with van der Waals surface area (Å²) < 4.78 is 0. The van der Waals surface area contributed by atoms with E-state index in [-0.39, 0.29) is 0 Å². The topological polar surface area (TPSA) is 26.0 Å². The number of fused-ring (bicyclic) bond motifs is 1. The highest BCUT2D eigenvalue weighted by molar-refractivity contribution is 5.38. The molecule has 64 valence electrons. The molecular weight excluding hydrogens is 146 g/mol. The van der Waals surface area contributed by atoms with Crippen molar-refractivity contribution in [3.63, 3.8) is 0 Å². The van der Waals surface area contributed by atoms with E-state index in [0.29, 0.717) is 0 Å². The van der Waals surface area contributed by atoms with E-state index in [1.54, 1.807) is 11.1 Å². The molecule has 2 rings (SSSR count). The Balaban J connectivity index is 2.08. The summed E-state index contributed by atoms with van der Waals surface area (Å²) >= 11 is 0. The van der Waals surface area contributed by atoms with Crippen LogP contribution in [0.4, 0.5) is 0 Å². The average molecular weight is 161 g/mol. The van der Waals surface area contributed by atoms with Crippen molar-refractivity contribution in [3.05, 3.63) is 34.9 Å². The van der Waals surface area contributed by atoms with Gasteiger partial charge in [0.05, 0.1) is 0 Å². The van der Waals surface area contributed by atoms with Crippen LogP contribution in [0.2, 0.25) is 0 Å². The Hall–Kier alpha value is -0.820. The van der Waals surface area contributed by atoms with Crippen LogP contribution in [0.15, 0.2) is 18.2 Å². The number of hydrogen-bond donors (Lipinski definition) is 1. The summed E-state index contributed by atoms with van der Waals surface area (Å²) in [5, 5.41) is 0. The Bertz CT molecular complexity index is 278. The van der Waals surface area contributed by atoms with E-state index in [4.69, 9.17) is 5.73 Å². The van der Waals surface area contributed by atoms with Gasteiger partial charge in [0, 0.05) is 0 Å². The first-order valence-electron chi connectivity index (χ1n) is 4.71. The van der Waals surface area contributed by atoms with Crippen LogP contribution in [-0.4, -0.2) is 6.54 Å². The van der Waals surface area contributed by atoms with E-state index in [1.165, 1.54) is 18.4 Å². The molecule has 2 N–H and O–H groups in total.